The molecule has 2 aromatic rings. The van der Waals surface area contributed by atoms with Gasteiger partial charge in [0.15, 0.2) is 0 Å². The molecule has 0 aliphatic carbocycles. The molecule has 106 valence electrons. The lowest BCUT2D eigenvalue weighted by Crippen LogP contribution is -2.12. The zero-order chi connectivity index (χ0) is 14.7. The third-order valence-corrected chi connectivity index (χ3v) is 4.27. The molecule has 1 unspecified atom stereocenters. The van der Waals surface area contributed by atoms with Gasteiger partial charge in [0.25, 0.3) is 0 Å². The van der Waals surface area contributed by atoms with Crippen LogP contribution in [0.5, 0.6) is 11.5 Å². The van der Waals surface area contributed by atoms with E-state index in [9.17, 15) is 0 Å². The Bertz CT molecular complexity index is 610. The van der Waals surface area contributed by atoms with Crippen molar-refractivity contribution in [2.75, 3.05) is 7.05 Å². The number of ether oxygens (including phenoxy) is 1. The highest BCUT2D eigenvalue weighted by Crippen LogP contribution is 2.30. The molecule has 1 atom stereocenters. The summed E-state index contributed by atoms with van der Waals surface area (Å²) in [5, 5.41) is 3.23. The molecule has 0 aromatic heterocycles. The van der Waals surface area contributed by atoms with Crippen LogP contribution in [0.2, 0.25) is 0 Å². The van der Waals surface area contributed by atoms with Crippen molar-refractivity contribution in [3.8, 4) is 11.5 Å². The highest BCUT2D eigenvalue weighted by Gasteiger charge is 2.09. The summed E-state index contributed by atoms with van der Waals surface area (Å²) in [5.41, 5.74) is 3.73. The van der Waals surface area contributed by atoms with Gasteiger partial charge in [0.2, 0.25) is 0 Å². The van der Waals surface area contributed by atoms with Crippen LogP contribution in [0.25, 0.3) is 0 Å². The molecular formula is C17H20BrNO. The quantitative estimate of drug-likeness (QED) is 0.836. The molecule has 2 rings (SSSR count). The predicted molar refractivity (Wildman–Crippen MR) is 87.6 cm³/mol. The summed E-state index contributed by atoms with van der Waals surface area (Å²) >= 11 is 3.61. The first-order valence-corrected chi connectivity index (χ1v) is 7.52. The molecule has 0 bridgehead atoms. The SMILES string of the molecule is CNC(C)c1ccc(Oc2ccc(C)c(C)c2)cc1Br. The van der Waals surface area contributed by atoms with Gasteiger partial charge in [0.05, 0.1) is 0 Å². The normalized spacial score (nSPS) is 12.2. The number of aryl methyl sites for hydroxylation is 2. The van der Waals surface area contributed by atoms with Gasteiger partial charge in [-0.1, -0.05) is 28.1 Å². The maximum atomic E-state index is 5.91. The Kier molecular flexibility index (Phi) is 4.84. The second-order valence-corrected chi connectivity index (χ2v) is 5.90. The molecule has 0 radical (unpaired) electrons. The third-order valence-electron chi connectivity index (χ3n) is 3.59. The maximum Gasteiger partial charge on any atom is 0.128 e. The smallest absolute Gasteiger partial charge is 0.128 e. The first kappa shape index (κ1) is 15.1. The zero-order valence-electron chi connectivity index (χ0n) is 12.3. The number of hydrogen-bond acceptors (Lipinski definition) is 2. The number of benzene rings is 2. The summed E-state index contributed by atoms with van der Waals surface area (Å²) in [6.45, 7) is 6.32. The molecule has 0 amide bonds. The molecule has 3 heteroatoms. The van der Waals surface area contributed by atoms with E-state index in [1.54, 1.807) is 0 Å². The number of nitrogens with one attached hydrogen (secondary N) is 1. The monoisotopic (exact) mass is 333 g/mol. The highest BCUT2D eigenvalue weighted by atomic mass is 79.9. The van der Waals surface area contributed by atoms with Crippen LogP contribution in [0.4, 0.5) is 0 Å². The van der Waals surface area contributed by atoms with Crippen molar-refractivity contribution >= 4 is 15.9 Å². The molecule has 0 spiro atoms. The van der Waals surface area contributed by atoms with E-state index in [1.165, 1.54) is 16.7 Å². The van der Waals surface area contributed by atoms with Crippen molar-refractivity contribution in [2.24, 2.45) is 0 Å². The van der Waals surface area contributed by atoms with Gasteiger partial charge in [-0.3, -0.25) is 0 Å². The fourth-order valence-corrected chi connectivity index (χ4v) is 2.69. The molecule has 1 N–H and O–H groups in total. The fraction of sp³-hybridized carbons (Fsp3) is 0.294. The Morgan fingerprint density at radius 2 is 1.65 bits per heavy atom. The van der Waals surface area contributed by atoms with Crippen LogP contribution in [0.1, 0.15) is 29.7 Å². The van der Waals surface area contributed by atoms with Crippen LogP contribution in [0, 0.1) is 13.8 Å². The molecule has 2 nitrogen and oxygen atoms in total. The van der Waals surface area contributed by atoms with Gasteiger partial charge in [0.1, 0.15) is 11.5 Å². The van der Waals surface area contributed by atoms with Crippen molar-refractivity contribution in [3.63, 3.8) is 0 Å². The molecule has 0 aliphatic rings. The van der Waals surface area contributed by atoms with Crippen LogP contribution in [-0.2, 0) is 0 Å². The minimum Gasteiger partial charge on any atom is -0.457 e. The van der Waals surface area contributed by atoms with Gasteiger partial charge in [-0.2, -0.15) is 0 Å². The van der Waals surface area contributed by atoms with Crippen molar-refractivity contribution in [3.05, 3.63) is 57.6 Å². The van der Waals surface area contributed by atoms with Gasteiger partial charge >= 0.3 is 0 Å². The van der Waals surface area contributed by atoms with Crippen molar-refractivity contribution in [1.82, 2.24) is 5.32 Å². The zero-order valence-corrected chi connectivity index (χ0v) is 13.9. The average Bonchev–Trinajstić information content (AvgIpc) is 2.42. The Hall–Kier alpha value is -1.32. The lowest BCUT2D eigenvalue weighted by Gasteiger charge is -2.14. The van der Waals surface area contributed by atoms with E-state index in [1.807, 2.05) is 25.2 Å². The largest absolute Gasteiger partial charge is 0.457 e. The highest BCUT2D eigenvalue weighted by molar-refractivity contribution is 9.10. The van der Waals surface area contributed by atoms with E-state index >= 15 is 0 Å². The molecule has 2 aromatic carbocycles. The van der Waals surface area contributed by atoms with Gasteiger partial charge in [0, 0.05) is 10.5 Å². The first-order chi connectivity index (χ1) is 9.51. The topological polar surface area (TPSA) is 21.3 Å². The van der Waals surface area contributed by atoms with Crippen LogP contribution < -0.4 is 10.1 Å². The van der Waals surface area contributed by atoms with Crippen LogP contribution in [0.3, 0.4) is 0 Å². The Morgan fingerprint density at radius 1 is 1.00 bits per heavy atom. The predicted octanol–water partition coefficient (Wildman–Crippen LogP) is 5.14. The number of halogens is 1. The molecular weight excluding hydrogens is 314 g/mol. The van der Waals surface area contributed by atoms with Crippen molar-refractivity contribution in [2.45, 2.75) is 26.8 Å². The van der Waals surface area contributed by atoms with Gasteiger partial charge < -0.3 is 10.1 Å². The van der Waals surface area contributed by atoms with Gasteiger partial charge in [-0.15, -0.1) is 0 Å². The summed E-state index contributed by atoms with van der Waals surface area (Å²) in [6, 6.07) is 12.5. The average molecular weight is 334 g/mol. The van der Waals surface area contributed by atoms with Gasteiger partial charge in [-0.05, 0) is 68.8 Å². The summed E-state index contributed by atoms with van der Waals surface area (Å²) in [4.78, 5) is 0. The summed E-state index contributed by atoms with van der Waals surface area (Å²) < 4.78 is 6.97. The van der Waals surface area contributed by atoms with Crippen molar-refractivity contribution in [1.29, 1.82) is 0 Å². The Labute approximate surface area is 129 Å². The van der Waals surface area contributed by atoms with E-state index in [-0.39, 0.29) is 0 Å². The number of rotatable bonds is 4. The second-order valence-electron chi connectivity index (χ2n) is 5.04. The van der Waals surface area contributed by atoms with E-state index in [2.05, 4.69) is 60.2 Å². The minimum absolute atomic E-state index is 0.306. The maximum absolute atomic E-state index is 5.91. The van der Waals surface area contributed by atoms with Crippen LogP contribution in [0.15, 0.2) is 40.9 Å². The van der Waals surface area contributed by atoms with Crippen LogP contribution in [-0.4, -0.2) is 7.05 Å². The van der Waals surface area contributed by atoms with Gasteiger partial charge in [-0.25, -0.2) is 0 Å². The molecule has 0 heterocycles. The molecule has 20 heavy (non-hydrogen) atoms. The summed E-state index contributed by atoms with van der Waals surface area (Å²) in [5.74, 6) is 1.71. The van der Waals surface area contributed by atoms with Crippen LogP contribution >= 0.6 is 15.9 Å². The van der Waals surface area contributed by atoms with Crippen molar-refractivity contribution < 1.29 is 4.74 Å². The van der Waals surface area contributed by atoms with E-state index in [4.69, 9.17) is 4.74 Å². The Morgan fingerprint density at radius 3 is 2.25 bits per heavy atom. The van der Waals surface area contributed by atoms with E-state index in [0.717, 1.165) is 16.0 Å². The third kappa shape index (κ3) is 3.41. The lowest BCUT2D eigenvalue weighted by molar-refractivity contribution is 0.481. The lowest BCUT2D eigenvalue weighted by atomic mass is 10.1. The first-order valence-electron chi connectivity index (χ1n) is 6.73. The molecule has 0 fully saturated rings. The summed E-state index contributed by atoms with van der Waals surface area (Å²) in [7, 11) is 1.95. The van der Waals surface area contributed by atoms with E-state index in [0.29, 0.717) is 6.04 Å². The molecule has 0 saturated heterocycles. The minimum atomic E-state index is 0.306. The van der Waals surface area contributed by atoms with E-state index < -0.39 is 0 Å². The standard InChI is InChI=1S/C17H20BrNO/c1-11-5-6-14(9-12(11)2)20-15-7-8-16(13(3)19-4)17(18)10-15/h5-10,13,19H,1-4H3. The second kappa shape index (κ2) is 6.42. The number of hydrogen-bond donors (Lipinski definition) is 1. The summed E-state index contributed by atoms with van der Waals surface area (Å²) in [6.07, 6.45) is 0. The molecule has 0 aliphatic heterocycles. The Balaban J connectivity index is 2.22. The molecule has 0 saturated carbocycles. The fourth-order valence-electron chi connectivity index (χ4n) is 1.99.